The highest BCUT2D eigenvalue weighted by molar-refractivity contribution is 6.42. The lowest BCUT2D eigenvalue weighted by Gasteiger charge is -2.11. The molecule has 1 aliphatic heterocycles. The Balaban J connectivity index is 1.71. The first-order valence-corrected chi connectivity index (χ1v) is 8.16. The van der Waals surface area contributed by atoms with Crippen LogP contribution in [0.5, 0.6) is 5.88 Å². The number of nitrogens with one attached hydrogen (secondary N) is 1. The van der Waals surface area contributed by atoms with Gasteiger partial charge in [-0.05, 0) is 29.3 Å². The summed E-state index contributed by atoms with van der Waals surface area (Å²) >= 11 is 0. The second-order valence-electron chi connectivity index (χ2n) is 6.08. The van der Waals surface area contributed by atoms with E-state index in [0.29, 0.717) is 5.88 Å². The number of amides is 2. The predicted molar refractivity (Wildman–Crippen MR) is 94.2 cm³/mol. The number of Topliss-reactive ketones (excluding diaryl/α,β-unsaturated/α-hetero) is 1. The molecule has 1 unspecified atom stereocenters. The third kappa shape index (κ3) is 3.42. The maximum Gasteiger partial charge on any atom is 0.290 e. The van der Waals surface area contributed by atoms with Crippen LogP contribution in [0.3, 0.4) is 0 Å². The molecule has 1 atom stereocenters. The number of benzene rings is 1. The Morgan fingerprint density at radius 2 is 2.12 bits per heavy atom. The Bertz CT molecular complexity index is 865. The maximum atomic E-state index is 12.2. The van der Waals surface area contributed by atoms with E-state index in [1.54, 1.807) is 13.3 Å². The van der Waals surface area contributed by atoms with Crippen LogP contribution in [-0.4, -0.2) is 48.2 Å². The number of nitrogens with zero attached hydrogens (tertiary/aromatic N) is 2. The lowest BCUT2D eigenvalue weighted by molar-refractivity contribution is -0.142. The molecule has 1 aromatic carbocycles. The summed E-state index contributed by atoms with van der Waals surface area (Å²) in [6.45, 7) is 0.382. The average molecular weight is 353 g/mol. The number of rotatable bonds is 5. The van der Waals surface area contributed by atoms with Crippen LogP contribution < -0.4 is 10.1 Å². The smallest absolute Gasteiger partial charge is 0.290 e. The molecule has 26 heavy (non-hydrogen) atoms. The Morgan fingerprint density at radius 3 is 2.81 bits per heavy atom. The fourth-order valence-electron chi connectivity index (χ4n) is 2.91. The van der Waals surface area contributed by atoms with Gasteiger partial charge in [0.2, 0.25) is 17.6 Å². The summed E-state index contributed by atoms with van der Waals surface area (Å²) in [7, 11) is 3.07. The molecular weight excluding hydrogens is 334 g/mol. The minimum atomic E-state index is -0.936. The SMILES string of the molecule is COc1ncccc1-c1cccc(CNC(=O)C2CN(C)C(=O)C2=O)c1. The predicted octanol–water partition coefficient (Wildman–Crippen LogP) is 1.03. The molecule has 0 aliphatic carbocycles. The average Bonchev–Trinajstić information content (AvgIpc) is 2.93. The van der Waals surface area contributed by atoms with Crippen molar-refractivity contribution in [3.63, 3.8) is 0 Å². The molecule has 0 bridgehead atoms. The van der Waals surface area contributed by atoms with Gasteiger partial charge in [0.1, 0.15) is 5.92 Å². The number of carbonyl (C=O) groups excluding carboxylic acids is 3. The van der Waals surface area contributed by atoms with Gasteiger partial charge in [0, 0.05) is 31.9 Å². The van der Waals surface area contributed by atoms with Gasteiger partial charge >= 0.3 is 0 Å². The van der Waals surface area contributed by atoms with Crippen molar-refractivity contribution < 1.29 is 19.1 Å². The van der Waals surface area contributed by atoms with E-state index >= 15 is 0 Å². The quantitative estimate of drug-likeness (QED) is 0.641. The molecule has 1 N–H and O–H groups in total. The lowest BCUT2D eigenvalue weighted by atomic mass is 10.0. The van der Waals surface area contributed by atoms with Crippen LogP contribution in [0.4, 0.5) is 0 Å². The fourth-order valence-corrected chi connectivity index (χ4v) is 2.91. The number of likely N-dealkylation sites (tertiary alicyclic amines) is 1. The Labute approximate surface area is 151 Å². The van der Waals surface area contributed by atoms with Gasteiger partial charge in [0.05, 0.1) is 7.11 Å². The van der Waals surface area contributed by atoms with Crippen LogP contribution >= 0.6 is 0 Å². The highest BCUT2D eigenvalue weighted by Crippen LogP contribution is 2.28. The molecule has 3 rings (SSSR count). The van der Waals surface area contributed by atoms with E-state index in [1.165, 1.54) is 11.9 Å². The number of methoxy groups -OCH3 is 1. The van der Waals surface area contributed by atoms with E-state index in [4.69, 9.17) is 4.74 Å². The first kappa shape index (κ1) is 17.6. The van der Waals surface area contributed by atoms with Gasteiger partial charge in [-0.1, -0.05) is 18.2 Å². The molecule has 0 radical (unpaired) electrons. The molecule has 2 aromatic rings. The van der Waals surface area contributed by atoms with Crippen molar-refractivity contribution in [2.45, 2.75) is 6.54 Å². The summed E-state index contributed by atoms with van der Waals surface area (Å²) in [6.07, 6.45) is 1.66. The Kier molecular flexibility index (Phi) is 4.97. The molecule has 1 aliphatic rings. The topological polar surface area (TPSA) is 88.6 Å². The molecule has 0 saturated carbocycles. The summed E-state index contributed by atoms with van der Waals surface area (Å²) in [5.74, 6) is -2.12. The van der Waals surface area contributed by atoms with Gasteiger partial charge in [-0.3, -0.25) is 14.4 Å². The second-order valence-corrected chi connectivity index (χ2v) is 6.08. The van der Waals surface area contributed by atoms with Crippen molar-refractivity contribution in [2.24, 2.45) is 5.92 Å². The van der Waals surface area contributed by atoms with Crippen LogP contribution in [-0.2, 0) is 20.9 Å². The summed E-state index contributed by atoms with van der Waals surface area (Å²) in [5, 5.41) is 2.73. The summed E-state index contributed by atoms with van der Waals surface area (Å²) < 4.78 is 5.28. The van der Waals surface area contributed by atoms with E-state index in [1.807, 2.05) is 36.4 Å². The molecular formula is C19H19N3O4. The van der Waals surface area contributed by atoms with E-state index in [-0.39, 0.29) is 13.1 Å². The van der Waals surface area contributed by atoms with Crippen LogP contribution in [0.1, 0.15) is 5.56 Å². The zero-order chi connectivity index (χ0) is 18.7. The van der Waals surface area contributed by atoms with E-state index in [9.17, 15) is 14.4 Å². The van der Waals surface area contributed by atoms with E-state index in [0.717, 1.165) is 16.7 Å². The van der Waals surface area contributed by atoms with Crippen molar-refractivity contribution >= 4 is 17.6 Å². The van der Waals surface area contributed by atoms with Gasteiger partial charge < -0.3 is 15.0 Å². The Morgan fingerprint density at radius 1 is 1.31 bits per heavy atom. The minimum Gasteiger partial charge on any atom is -0.481 e. The maximum absolute atomic E-state index is 12.2. The third-order valence-corrected chi connectivity index (χ3v) is 4.32. The highest BCUT2D eigenvalue weighted by atomic mass is 16.5. The van der Waals surface area contributed by atoms with Gasteiger partial charge in [-0.25, -0.2) is 4.98 Å². The van der Waals surface area contributed by atoms with Gasteiger partial charge in [-0.2, -0.15) is 0 Å². The number of ether oxygens (including phenoxy) is 1. The molecule has 7 nitrogen and oxygen atoms in total. The number of pyridine rings is 1. The van der Waals surface area contributed by atoms with Crippen LogP contribution in [0.15, 0.2) is 42.6 Å². The molecule has 2 amide bonds. The van der Waals surface area contributed by atoms with Gasteiger partial charge in [0.15, 0.2) is 0 Å². The van der Waals surface area contributed by atoms with Crippen molar-refractivity contribution in [1.29, 1.82) is 0 Å². The number of likely N-dealkylation sites (N-methyl/N-ethyl adjacent to an activating group) is 1. The lowest BCUT2D eigenvalue weighted by Crippen LogP contribution is -2.35. The molecule has 0 spiro atoms. The first-order chi connectivity index (χ1) is 12.5. The van der Waals surface area contributed by atoms with Crippen LogP contribution in [0, 0.1) is 5.92 Å². The highest BCUT2D eigenvalue weighted by Gasteiger charge is 2.41. The fraction of sp³-hybridized carbons (Fsp3) is 0.263. The van der Waals surface area contributed by atoms with E-state index in [2.05, 4.69) is 10.3 Å². The number of hydrogen-bond acceptors (Lipinski definition) is 5. The largest absolute Gasteiger partial charge is 0.481 e. The van der Waals surface area contributed by atoms with Crippen molar-refractivity contribution in [1.82, 2.24) is 15.2 Å². The summed E-state index contributed by atoms with van der Waals surface area (Å²) in [5.41, 5.74) is 2.63. The molecule has 1 aromatic heterocycles. The standard InChI is InChI=1S/C19H19N3O4/c1-22-11-15(16(23)19(22)25)17(24)21-10-12-5-3-6-13(9-12)14-7-4-8-20-18(14)26-2/h3-9,15H,10-11H2,1-2H3,(H,21,24). The minimum absolute atomic E-state index is 0.121. The monoisotopic (exact) mass is 353 g/mol. The normalized spacial score (nSPS) is 16.7. The summed E-state index contributed by atoms with van der Waals surface area (Å²) in [4.78, 5) is 41.0. The number of hydrogen-bond donors (Lipinski definition) is 1. The van der Waals surface area contributed by atoms with Crippen molar-refractivity contribution in [3.05, 3.63) is 48.2 Å². The molecule has 7 heteroatoms. The zero-order valence-electron chi connectivity index (χ0n) is 14.6. The summed E-state index contributed by atoms with van der Waals surface area (Å²) in [6, 6.07) is 11.3. The van der Waals surface area contributed by atoms with Gasteiger partial charge in [-0.15, -0.1) is 0 Å². The molecule has 1 saturated heterocycles. The van der Waals surface area contributed by atoms with Crippen molar-refractivity contribution in [3.8, 4) is 17.0 Å². The third-order valence-electron chi connectivity index (χ3n) is 4.32. The number of carbonyl (C=O) groups is 3. The van der Waals surface area contributed by atoms with Crippen LogP contribution in [0.25, 0.3) is 11.1 Å². The molecule has 2 heterocycles. The molecule has 134 valence electrons. The Hall–Kier alpha value is -3.22. The van der Waals surface area contributed by atoms with Crippen molar-refractivity contribution in [2.75, 3.05) is 20.7 Å². The zero-order valence-corrected chi connectivity index (χ0v) is 14.6. The van der Waals surface area contributed by atoms with Crippen LogP contribution in [0.2, 0.25) is 0 Å². The number of aromatic nitrogens is 1. The molecule has 1 fully saturated rings. The second kappa shape index (κ2) is 7.35. The van der Waals surface area contributed by atoms with Gasteiger partial charge in [0.25, 0.3) is 5.91 Å². The first-order valence-electron chi connectivity index (χ1n) is 8.16. The van der Waals surface area contributed by atoms with E-state index < -0.39 is 23.5 Å². The number of ketones is 1.